The molecule has 2 N–H and O–H groups in total. The van der Waals surface area contributed by atoms with E-state index >= 15 is 0 Å². The molecule has 0 aliphatic carbocycles. The van der Waals surface area contributed by atoms with Crippen LogP contribution in [0.4, 0.5) is 20.6 Å². The van der Waals surface area contributed by atoms with Crippen LogP contribution in [-0.4, -0.2) is 43.2 Å². The van der Waals surface area contributed by atoms with Gasteiger partial charge in [-0.1, -0.05) is 35.9 Å². The molecule has 3 aromatic rings. The molecule has 168 valence electrons. The molecule has 8 heteroatoms. The number of nitrogens with zero attached hydrogens (tertiary/aromatic N) is 2. The van der Waals surface area contributed by atoms with Gasteiger partial charge in [-0.3, -0.25) is 4.90 Å². The van der Waals surface area contributed by atoms with Crippen molar-refractivity contribution in [3.63, 3.8) is 0 Å². The fourth-order valence-electron chi connectivity index (χ4n) is 4.17. The highest BCUT2D eigenvalue weighted by atomic mass is 35.5. The molecule has 5 nitrogen and oxygen atoms in total. The lowest BCUT2D eigenvalue weighted by Crippen LogP contribution is -2.52. The minimum atomic E-state index is -0.272. The number of thiophene rings is 1. The molecule has 1 aromatic heterocycles. The fourth-order valence-corrected chi connectivity index (χ4v) is 5.32. The zero-order valence-corrected chi connectivity index (χ0v) is 19.4. The van der Waals surface area contributed by atoms with Crippen molar-refractivity contribution >= 4 is 40.3 Å². The van der Waals surface area contributed by atoms with Gasteiger partial charge in [0.15, 0.2) is 0 Å². The molecule has 0 bridgehead atoms. The number of nitrogens with one attached hydrogen (secondary N) is 2. The average molecular weight is 473 g/mol. The molecule has 1 aliphatic heterocycles. The summed E-state index contributed by atoms with van der Waals surface area (Å²) >= 11 is 7.70. The number of urea groups is 1. The number of piperazine rings is 1. The molecule has 0 spiro atoms. The predicted molar refractivity (Wildman–Crippen MR) is 130 cm³/mol. The number of hydrogen-bond donors (Lipinski definition) is 2. The van der Waals surface area contributed by atoms with E-state index < -0.39 is 0 Å². The molecule has 2 atom stereocenters. The monoisotopic (exact) mass is 472 g/mol. The van der Waals surface area contributed by atoms with Crippen LogP contribution in [0.5, 0.6) is 0 Å². The van der Waals surface area contributed by atoms with Gasteiger partial charge in [0.25, 0.3) is 0 Å². The van der Waals surface area contributed by atoms with Gasteiger partial charge in [0.05, 0.1) is 11.7 Å². The molecular formula is C24H26ClFN4OS. The number of para-hydroxylation sites is 1. The maximum atomic E-state index is 14.2. The van der Waals surface area contributed by atoms with E-state index in [-0.39, 0.29) is 23.9 Å². The highest BCUT2D eigenvalue weighted by Gasteiger charge is 2.31. The first kappa shape index (κ1) is 22.6. The molecule has 2 amide bonds. The lowest BCUT2D eigenvalue weighted by molar-refractivity contribution is 0.157. The zero-order valence-electron chi connectivity index (χ0n) is 17.8. The Labute approximate surface area is 196 Å². The smallest absolute Gasteiger partial charge is 0.319 e. The highest BCUT2D eigenvalue weighted by molar-refractivity contribution is 7.10. The van der Waals surface area contributed by atoms with Gasteiger partial charge >= 0.3 is 6.03 Å². The van der Waals surface area contributed by atoms with E-state index in [0.29, 0.717) is 16.4 Å². The van der Waals surface area contributed by atoms with Gasteiger partial charge < -0.3 is 15.5 Å². The summed E-state index contributed by atoms with van der Waals surface area (Å²) in [6, 6.07) is 17.7. The minimum Gasteiger partial charge on any atom is -0.367 e. The topological polar surface area (TPSA) is 47.6 Å². The van der Waals surface area contributed by atoms with Crippen LogP contribution >= 0.6 is 22.9 Å². The predicted octanol–water partition coefficient (Wildman–Crippen LogP) is 5.61. The number of hydrogen-bond acceptors (Lipinski definition) is 4. The van der Waals surface area contributed by atoms with Gasteiger partial charge in [0.1, 0.15) is 5.82 Å². The second kappa shape index (κ2) is 10.3. The standard InChI is InChI=1S/C24H26ClFN4OS/c1-17(27-24(31)28-19-7-4-6-18(25)16-19)23(22-10-5-15-32-22)30-13-11-29(12-14-30)21-9-3-2-8-20(21)26/h2-10,15-17,23H,11-14H2,1H3,(H2,27,28,31)/t17-,23+/m1/s1. The van der Waals surface area contributed by atoms with Crippen molar-refractivity contribution in [1.29, 1.82) is 0 Å². The van der Waals surface area contributed by atoms with Crippen molar-refractivity contribution in [2.75, 3.05) is 36.4 Å². The molecular weight excluding hydrogens is 447 g/mol. The number of halogens is 2. The third kappa shape index (κ3) is 5.41. The summed E-state index contributed by atoms with van der Waals surface area (Å²) in [5.74, 6) is -0.191. The number of carbonyl (C=O) groups excluding carboxylic acids is 1. The van der Waals surface area contributed by atoms with Gasteiger partial charge in [0.2, 0.25) is 0 Å². The van der Waals surface area contributed by atoms with Crippen LogP contribution in [0.2, 0.25) is 5.02 Å². The van der Waals surface area contributed by atoms with Crippen LogP contribution in [0.1, 0.15) is 17.8 Å². The van der Waals surface area contributed by atoms with E-state index in [0.717, 1.165) is 26.2 Å². The van der Waals surface area contributed by atoms with Crippen LogP contribution < -0.4 is 15.5 Å². The first-order valence-electron chi connectivity index (χ1n) is 10.6. The summed E-state index contributed by atoms with van der Waals surface area (Å²) in [7, 11) is 0. The Morgan fingerprint density at radius 2 is 1.84 bits per heavy atom. The quantitative estimate of drug-likeness (QED) is 0.490. The van der Waals surface area contributed by atoms with E-state index in [1.54, 1.807) is 41.7 Å². The maximum absolute atomic E-state index is 14.2. The number of carbonyl (C=O) groups is 1. The molecule has 0 unspecified atom stereocenters. The Hall–Kier alpha value is -2.61. The third-order valence-corrected chi connectivity index (χ3v) is 6.83. The van der Waals surface area contributed by atoms with E-state index in [2.05, 4.69) is 31.9 Å². The summed E-state index contributed by atoms with van der Waals surface area (Å²) < 4.78 is 14.2. The summed E-state index contributed by atoms with van der Waals surface area (Å²) in [5, 5.41) is 8.56. The van der Waals surface area contributed by atoms with Crippen molar-refractivity contribution in [2.45, 2.75) is 19.0 Å². The van der Waals surface area contributed by atoms with Crippen LogP contribution in [0, 0.1) is 5.82 Å². The Bertz CT molecular complexity index is 1040. The maximum Gasteiger partial charge on any atom is 0.319 e. The second-order valence-electron chi connectivity index (χ2n) is 7.83. The largest absolute Gasteiger partial charge is 0.367 e. The van der Waals surface area contributed by atoms with Crippen LogP contribution in [0.15, 0.2) is 66.0 Å². The molecule has 0 saturated carbocycles. The SMILES string of the molecule is C[C@@H](NC(=O)Nc1cccc(Cl)c1)[C@@H](c1cccs1)N1CCN(c2ccccc2F)CC1. The van der Waals surface area contributed by atoms with Gasteiger partial charge in [-0.2, -0.15) is 0 Å². The number of anilines is 2. The number of amides is 2. The summed E-state index contributed by atoms with van der Waals surface area (Å²) in [6.45, 7) is 5.03. The van der Waals surface area contributed by atoms with Crippen LogP contribution in [0.25, 0.3) is 0 Å². The summed E-state index contributed by atoms with van der Waals surface area (Å²) in [4.78, 5) is 18.3. The Balaban J connectivity index is 1.43. The van der Waals surface area contributed by atoms with Gasteiger partial charge in [0, 0.05) is 47.8 Å². The zero-order chi connectivity index (χ0) is 22.5. The second-order valence-corrected chi connectivity index (χ2v) is 9.25. The minimum absolute atomic E-state index is 0.0304. The molecule has 2 heterocycles. The summed E-state index contributed by atoms with van der Waals surface area (Å²) in [5.41, 5.74) is 1.29. The Morgan fingerprint density at radius 3 is 2.53 bits per heavy atom. The molecule has 4 rings (SSSR count). The lowest BCUT2D eigenvalue weighted by atomic mass is 10.0. The average Bonchev–Trinajstić information content (AvgIpc) is 3.29. The first-order chi connectivity index (χ1) is 15.5. The normalized spacial score (nSPS) is 16.4. The third-order valence-electron chi connectivity index (χ3n) is 5.65. The molecule has 32 heavy (non-hydrogen) atoms. The van der Waals surface area contributed by atoms with Gasteiger partial charge in [-0.15, -0.1) is 11.3 Å². The van der Waals surface area contributed by atoms with E-state index in [1.807, 2.05) is 25.1 Å². The molecule has 1 aliphatic rings. The number of rotatable bonds is 6. The fraction of sp³-hybridized carbons (Fsp3) is 0.292. The molecule has 2 aromatic carbocycles. The van der Waals surface area contributed by atoms with Crippen LogP contribution in [-0.2, 0) is 0 Å². The van der Waals surface area contributed by atoms with Crippen molar-refractivity contribution in [3.8, 4) is 0 Å². The van der Waals surface area contributed by atoms with Gasteiger partial charge in [-0.05, 0) is 48.7 Å². The van der Waals surface area contributed by atoms with E-state index in [4.69, 9.17) is 11.6 Å². The molecule has 0 radical (unpaired) electrons. The highest BCUT2D eigenvalue weighted by Crippen LogP contribution is 2.30. The van der Waals surface area contributed by atoms with Crippen molar-refractivity contribution in [3.05, 3.63) is 81.8 Å². The Morgan fingerprint density at radius 1 is 1.06 bits per heavy atom. The summed E-state index contributed by atoms with van der Waals surface area (Å²) in [6.07, 6.45) is 0. The van der Waals surface area contributed by atoms with E-state index in [1.165, 1.54) is 10.9 Å². The molecule has 1 saturated heterocycles. The van der Waals surface area contributed by atoms with Crippen molar-refractivity contribution in [1.82, 2.24) is 10.2 Å². The Kier molecular flexibility index (Phi) is 7.29. The lowest BCUT2D eigenvalue weighted by Gasteiger charge is -2.42. The first-order valence-corrected chi connectivity index (χ1v) is 11.9. The van der Waals surface area contributed by atoms with Crippen molar-refractivity contribution < 1.29 is 9.18 Å². The van der Waals surface area contributed by atoms with Crippen LogP contribution in [0.3, 0.4) is 0 Å². The van der Waals surface area contributed by atoms with Gasteiger partial charge in [-0.25, -0.2) is 9.18 Å². The van der Waals surface area contributed by atoms with Crippen molar-refractivity contribution in [2.24, 2.45) is 0 Å². The number of benzene rings is 2. The van der Waals surface area contributed by atoms with E-state index in [9.17, 15) is 9.18 Å². The molecule has 1 fully saturated rings.